The van der Waals surface area contributed by atoms with Gasteiger partial charge < -0.3 is 5.32 Å². The number of carbonyl (C=O) groups excluding carboxylic acids is 2. The summed E-state index contributed by atoms with van der Waals surface area (Å²) in [6, 6.07) is 0. The molecule has 96 valence electrons. The quantitative estimate of drug-likeness (QED) is 0.748. The minimum atomic E-state index is 0.0356. The smallest absolute Gasteiger partial charge is 0.229 e. The molecule has 0 aromatic heterocycles. The first-order chi connectivity index (χ1) is 8.22. The molecule has 4 nitrogen and oxygen atoms in total. The number of rotatable bonds is 4. The lowest BCUT2D eigenvalue weighted by molar-refractivity contribution is -0.150. The van der Waals surface area contributed by atoms with Gasteiger partial charge in [-0.1, -0.05) is 25.7 Å². The number of carbonyl (C=O) groups is 2. The van der Waals surface area contributed by atoms with Crippen LogP contribution in [0.2, 0.25) is 0 Å². The molecule has 1 N–H and O–H groups in total. The monoisotopic (exact) mass is 238 g/mol. The van der Waals surface area contributed by atoms with Crippen molar-refractivity contribution >= 4 is 11.8 Å². The molecule has 1 saturated heterocycles. The minimum Gasteiger partial charge on any atom is -0.318 e. The molecule has 2 fully saturated rings. The summed E-state index contributed by atoms with van der Waals surface area (Å²) < 4.78 is 0. The molecule has 4 heteroatoms. The standard InChI is InChI=1S/C13H22N2O2/c1-14-6-7-15-12(16)8-11(9-13(15)17)10-4-2-3-5-10/h10-11,14H,2-9H2,1H3. The molecule has 1 aliphatic carbocycles. The van der Waals surface area contributed by atoms with E-state index in [1.807, 2.05) is 7.05 Å². The second-order valence-electron chi connectivity index (χ2n) is 5.26. The Morgan fingerprint density at radius 3 is 2.24 bits per heavy atom. The maximum Gasteiger partial charge on any atom is 0.229 e. The molecule has 0 unspecified atom stereocenters. The van der Waals surface area contributed by atoms with Crippen molar-refractivity contribution in [3.8, 4) is 0 Å². The minimum absolute atomic E-state index is 0.0356. The molecule has 2 aliphatic rings. The second kappa shape index (κ2) is 5.63. The fourth-order valence-corrected chi connectivity index (χ4v) is 3.12. The van der Waals surface area contributed by atoms with E-state index in [1.165, 1.54) is 30.6 Å². The third-order valence-corrected chi connectivity index (χ3v) is 4.13. The molecular weight excluding hydrogens is 216 g/mol. The van der Waals surface area contributed by atoms with Crippen molar-refractivity contribution in [2.24, 2.45) is 11.8 Å². The van der Waals surface area contributed by atoms with E-state index < -0.39 is 0 Å². The highest BCUT2D eigenvalue weighted by Gasteiger charge is 2.36. The van der Waals surface area contributed by atoms with Gasteiger partial charge in [0.1, 0.15) is 0 Å². The van der Waals surface area contributed by atoms with E-state index in [0.717, 1.165) is 0 Å². The van der Waals surface area contributed by atoms with E-state index in [1.54, 1.807) is 0 Å². The number of hydrogen-bond donors (Lipinski definition) is 1. The van der Waals surface area contributed by atoms with Crippen molar-refractivity contribution in [3.63, 3.8) is 0 Å². The summed E-state index contributed by atoms with van der Waals surface area (Å²) in [6.07, 6.45) is 6.13. The molecule has 0 aromatic carbocycles. The van der Waals surface area contributed by atoms with Crippen LogP contribution < -0.4 is 5.32 Å². The van der Waals surface area contributed by atoms with Gasteiger partial charge in [-0.15, -0.1) is 0 Å². The van der Waals surface area contributed by atoms with E-state index in [-0.39, 0.29) is 11.8 Å². The summed E-state index contributed by atoms with van der Waals surface area (Å²) in [6.45, 7) is 1.21. The van der Waals surface area contributed by atoms with Crippen LogP contribution >= 0.6 is 0 Å². The summed E-state index contributed by atoms with van der Waals surface area (Å²) in [4.78, 5) is 25.3. The summed E-state index contributed by atoms with van der Waals surface area (Å²) in [7, 11) is 1.83. The Hall–Kier alpha value is -0.900. The van der Waals surface area contributed by atoms with Crippen molar-refractivity contribution in [1.29, 1.82) is 0 Å². The van der Waals surface area contributed by atoms with Gasteiger partial charge in [0.25, 0.3) is 0 Å². The first-order valence-electron chi connectivity index (χ1n) is 6.70. The second-order valence-corrected chi connectivity index (χ2v) is 5.26. The van der Waals surface area contributed by atoms with Crippen LogP contribution in [0.4, 0.5) is 0 Å². The van der Waals surface area contributed by atoms with Gasteiger partial charge >= 0.3 is 0 Å². The van der Waals surface area contributed by atoms with Crippen molar-refractivity contribution in [2.45, 2.75) is 38.5 Å². The third kappa shape index (κ3) is 2.86. The molecule has 2 amide bonds. The van der Waals surface area contributed by atoms with Crippen LogP contribution in [-0.4, -0.2) is 36.9 Å². The predicted octanol–water partition coefficient (Wildman–Crippen LogP) is 1.16. The topological polar surface area (TPSA) is 49.4 Å². The van der Waals surface area contributed by atoms with Gasteiger partial charge in [-0.3, -0.25) is 14.5 Å². The Balaban J connectivity index is 1.92. The van der Waals surface area contributed by atoms with Crippen LogP contribution in [-0.2, 0) is 9.59 Å². The van der Waals surface area contributed by atoms with E-state index in [2.05, 4.69) is 5.32 Å². The maximum atomic E-state index is 12.0. The lowest BCUT2D eigenvalue weighted by Gasteiger charge is -2.32. The van der Waals surface area contributed by atoms with E-state index in [0.29, 0.717) is 37.8 Å². The number of hydrogen-bond acceptors (Lipinski definition) is 3. The first-order valence-corrected chi connectivity index (χ1v) is 6.70. The first kappa shape index (κ1) is 12.6. The molecule has 17 heavy (non-hydrogen) atoms. The molecule has 1 heterocycles. The largest absolute Gasteiger partial charge is 0.318 e. The van der Waals surface area contributed by atoms with Crippen LogP contribution in [0.5, 0.6) is 0 Å². The Bertz CT molecular complexity index is 280. The highest BCUT2D eigenvalue weighted by Crippen LogP contribution is 2.37. The molecule has 0 aromatic rings. The van der Waals surface area contributed by atoms with Gasteiger partial charge in [-0.05, 0) is 18.9 Å². The highest BCUT2D eigenvalue weighted by atomic mass is 16.2. The summed E-state index contributed by atoms with van der Waals surface area (Å²) in [5.41, 5.74) is 0. The SMILES string of the molecule is CNCCN1C(=O)CC(C2CCCC2)CC1=O. The highest BCUT2D eigenvalue weighted by molar-refractivity contribution is 5.97. The number of likely N-dealkylation sites (tertiary alicyclic amines) is 1. The summed E-state index contributed by atoms with van der Waals surface area (Å²) in [5.74, 6) is 1.01. The number of likely N-dealkylation sites (N-methyl/N-ethyl adjacent to an activating group) is 1. The van der Waals surface area contributed by atoms with Gasteiger partial charge in [0, 0.05) is 25.9 Å². The van der Waals surface area contributed by atoms with Gasteiger partial charge in [-0.2, -0.15) is 0 Å². The Labute approximate surface area is 103 Å². The van der Waals surface area contributed by atoms with Crippen molar-refractivity contribution < 1.29 is 9.59 Å². The molecule has 0 atom stereocenters. The zero-order valence-corrected chi connectivity index (χ0v) is 10.6. The van der Waals surface area contributed by atoms with Crippen LogP contribution in [0.1, 0.15) is 38.5 Å². The third-order valence-electron chi connectivity index (χ3n) is 4.13. The van der Waals surface area contributed by atoms with E-state index >= 15 is 0 Å². The number of imide groups is 1. The normalized spacial score (nSPS) is 23.7. The average Bonchev–Trinajstić information content (AvgIpc) is 2.81. The molecule has 1 aliphatic heterocycles. The lowest BCUT2D eigenvalue weighted by Crippen LogP contribution is -2.46. The van der Waals surface area contributed by atoms with E-state index in [9.17, 15) is 9.59 Å². The number of piperidine rings is 1. The number of nitrogens with one attached hydrogen (secondary N) is 1. The molecule has 0 radical (unpaired) electrons. The maximum absolute atomic E-state index is 12.0. The predicted molar refractivity (Wildman–Crippen MR) is 65.3 cm³/mol. The lowest BCUT2D eigenvalue weighted by atomic mass is 9.82. The zero-order valence-electron chi connectivity index (χ0n) is 10.6. The molecule has 2 rings (SSSR count). The van der Waals surface area contributed by atoms with Crippen LogP contribution in [0.15, 0.2) is 0 Å². The van der Waals surface area contributed by atoms with Gasteiger partial charge in [0.2, 0.25) is 11.8 Å². The molecular formula is C13H22N2O2. The zero-order chi connectivity index (χ0) is 12.3. The molecule has 1 saturated carbocycles. The van der Waals surface area contributed by atoms with Gasteiger partial charge in [-0.25, -0.2) is 0 Å². The molecule has 0 bridgehead atoms. The van der Waals surface area contributed by atoms with Gasteiger partial charge in [0.05, 0.1) is 0 Å². The number of amides is 2. The van der Waals surface area contributed by atoms with Gasteiger partial charge in [0.15, 0.2) is 0 Å². The Morgan fingerprint density at radius 1 is 1.12 bits per heavy atom. The Morgan fingerprint density at radius 2 is 1.71 bits per heavy atom. The van der Waals surface area contributed by atoms with Crippen LogP contribution in [0.25, 0.3) is 0 Å². The van der Waals surface area contributed by atoms with Crippen LogP contribution in [0.3, 0.4) is 0 Å². The van der Waals surface area contributed by atoms with Crippen molar-refractivity contribution in [1.82, 2.24) is 10.2 Å². The van der Waals surface area contributed by atoms with E-state index in [4.69, 9.17) is 0 Å². The summed E-state index contributed by atoms with van der Waals surface area (Å²) in [5, 5.41) is 2.98. The average molecular weight is 238 g/mol. The summed E-state index contributed by atoms with van der Waals surface area (Å²) >= 11 is 0. The molecule has 0 spiro atoms. The van der Waals surface area contributed by atoms with Crippen molar-refractivity contribution in [2.75, 3.05) is 20.1 Å². The number of nitrogens with zero attached hydrogens (tertiary/aromatic N) is 1. The van der Waals surface area contributed by atoms with Crippen LogP contribution in [0, 0.1) is 11.8 Å². The fourth-order valence-electron chi connectivity index (χ4n) is 3.12. The van der Waals surface area contributed by atoms with Crippen molar-refractivity contribution in [3.05, 3.63) is 0 Å². The Kier molecular flexibility index (Phi) is 4.15. The fraction of sp³-hybridized carbons (Fsp3) is 0.846.